The number of carbonyl (C=O) groups is 1. The topological polar surface area (TPSA) is 57.5 Å². The highest BCUT2D eigenvalue weighted by Gasteiger charge is 2.31. The van der Waals surface area contributed by atoms with Crippen molar-refractivity contribution < 1.29 is 9.90 Å². The maximum atomic E-state index is 14.1. The summed E-state index contributed by atoms with van der Waals surface area (Å²) < 4.78 is 2.07. The Morgan fingerprint density at radius 1 is 0.971 bits per heavy atom. The Hall–Kier alpha value is -3.83. The van der Waals surface area contributed by atoms with Crippen molar-refractivity contribution in [2.45, 2.75) is 19.4 Å². The highest BCUT2D eigenvalue weighted by Crippen LogP contribution is 2.33. The van der Waals surface area contributed by atoms with Gasteiger partial charge in [0.15, 0.2) is 0 Å². The zero-order valence-electron chi connectivity index (χ0n) is 19.3. The van der Waals surface area contributed by atoms with Gasteiger partial charge in [-0.05, 0) is 42.7 Å². The van der Waals surface area contributed by atoms with E-state index in [1.54, 1.807) is 12.1 Å². The molecule has 1 atom stereocenters. The molecule has 1 aliphatic heterocycles. The molecule has 2 N–H and O–H groups in total. The summed E-state index contributed by atoms with van der Waals surface area (Å²) >= 11 is 0. The second kappa shape index (κ2) is 9.57. The van der Waals surface area contributed by atoms with Crippen molar-refractivity contribution in [2.75, 3.05) is 19.6 Å². The molecule has 1 aromatic heterocycles. The number of phenols is 1. The molecule has 1 unspecified atom stereocenters. The SMILES string of the molecule is Cc1cc(C(=O)N2CCNCC2Cc2ccccc2)c(-c2ccccc2)n1-c1cccc(O)c1. The average Bonchev–Trinajstić information content (AvgIpc) is 3.22. The maximum absolute atomic E-state index is 14.1. The third kappa shape index (κ3) is 4.35. The lowest BCUT2D eigenvalue weighted by atomic mass is 10.0. The van der Waals surface area contributed by atoms with Crippen LogP contribution in [0.5, 0.6) is 5.75 Å². The van der Waals surface area contributed by atoms with Gasteiger partial charge in [-0.1, -0.05) is 66.7 Å². The fraction of sp³-hybridized carbons (Fsp3) is 0.207. The highest BCUT2D eigenvalue weighted by molar-refractivity contribution is 6.01. The summed E-state index contributed by atoms with van der Waals surface area (Å²) in [6.07, 6.45) is 0.812. The number of carbonyl (C=O) groups excluding carboxylic acids is 1. The summed E-state index contributed by atoms with van der Waals surface area (Å²) in [6.45, 7) is 4.23. The highest BCUT2D eigenvalue weighted by atomic mass is 16.3. The van der Waals surface area contributed by atoms with Gasteiger partial charge in [0.1, 0.15) is 5.75 Å². The van der Waals surface area contributed by atoms with Crippen LogP contribution >= 0.6 is 0 Å². The summed E-state index contributed by atoms with van der Waals surface area (Å²) in [5.74, 6) is 0.241. The molecule has 1 aliphatic rings. The van der Waals surface area contributed by atoms with Crippen molar-refractivity contribution in [3.05, 3.63) is 108 Å². The third-order valence-electron chi connectivity index (χ3n) is 6.48. The molecular weight excluding hydrogens is 422 g/mol. The molecule has 5 rings (SSSR count). The quantitative estimate of drug-likeness (QED) is 0.458. The summed E-state index contributed by atoms with van der Waals surface area (Å²) in [4.78, 5) is 16.1. The van der Waals surface area contributed by atoms with Crippen molar-refractivity contribution >= 4 is 5.91 Å². The van der Waals surface area contributed by atoms with Crippen molar-refractivity contribution in [1.82, 2.24) is 14.8 Å². The molecule has 5 nitrogen and oxygen atoms in total. The zero-order valence-corrected chi connectivity index (χ0v) is 19.3. The van der Waals surface area contributed by atoms with Crippen LogP contribution in [-0.2, 0) is 6.42 Å². The molecule has 1 saturated heterocycles. The molecule has 0 aliphatic carbocycles. The number of amides is 1. The first-order valence-electron chi connectivity index (χ1n) is 11.7. The molecule has 3 aromatic carbocycles. The molecule has 1 fully saturated rings. The summed E-state index contributed by atoms with van der Waals surface area (Å²) in [5.41, 5.74) is 5.51. The van der Waals surface area contributed by atoms with E-state index in [1.807, 2.05) is 78.6 Å². The van der Waals surface area contributed by atoms with Gasteiger partial charge < -0.3 is 19.9 Å². The monoisotopic (exact) mass is 451 g/mol. The standard InChI is InChI=1S/C29H29N3O2/c1-21-17-27(29(34)31-16-15-30-20-25(31)18-22-9-4-2-5-10-22)28(23-11-6-3-7-12-23)32(21)24-13-8-14-26(33)19-24/h2-14,17,19,25,30,33H,15-16,18,20H2,1H3. The van der Waals surface area contributed by atoms with Gasteiger partial charge in [-0.15, -0.1) is 0 Å². The van der Waals surface area contributed by atoms with E-state index in [9.17, 15) is 9.90 Å². The third-order valence-corrected chi connectivity index (χ3v) is 6.48. The van der Waals surface area contributed by atoms with Crippen LogP contribution < -0.4 is 5.32 Å². The molecular formula is C29H29N3O2. The number of aromatic nitrogens is 1. The van der Waals surface area contributed by atoms with Gasteiger partial charge in [0.05, 0.1) is 11.3 Å². The number of aromatic hydroxyl groups is 1. The molecule has 34 heavy (non-hydrogen) atoms. The van der Waals surface area contributed by atoms with E-state index in [4.69, 9.17) is 0 Å². The minimum atomic E-state index is 0.0447. The van der Waals surface area contributed by atoms with Gasteiger partial charge >= 0.3 is 0 Å². The van der Waals surface area contributed by atoms with E-state index in [-0.39, 0.29) is 17.7 Å². The van der Waals surface area contributed by atoms with E-state index in [0.717, 1.165) is 42.1 Å². The van der Waals surface area contributed by atoms with Crippen molar-refractivity contribution in [3.63, 3.8) is 0 Å². The van der Waals surface area contributed by atoms with E-state index < -0.39 is 0 Å². The first-order valence-corrected chi connectivity index (χ1v) is 11.7. The Bertz CT molecular complexity index is 1280. The molecule has 0 spiro atoms. The average molecular weight is 452 g/mol. The van der Waals surface area contributed by atoms with Crippen LogP contribution in [-0.4, -0.2) is 46.2 Å². The van der Waals surface area contributed by atoms with E-state index in [2.05, 4.69) is 22.0 Å². The Kier molecular flexibility index (Phi) is 6.19. The fourth-order valence-corrected chi connectivity index (χ4v) is 4.90. The minimum absolute atomic E-state index is 0.0447. The van der Waals surface area contributed by atoms with Gasteiger partial charge in [-0.3, -0.25) is 4.79 Å². The number of rotatable bonds is 5. The molecule has 0 saturated carbocycles. The van der Waals surface area contributed by atoms with Crippen LogP contribution in [0.25, 0.3) is 16.9 Å². The zero-order chi connectivity index (χ0) is 23.5. The second-order valence-corrected chi connectivity index (χ2v) is 8.82. The minimum Gasteiger partial charge on any atom is -0.508 e. The number of nitrogens with one attached hydrogen (secondary N) is 1. The first kappa shape index (κ1) is 22.0. The lowest BCUT2D eigenvalue weighted by Crippen LogP contribution is -2.54. The van der Waals surface area contributed by atoms with Crippen LogP contribution in [0.1, 0.15) is 21.6 Å². The number of hydrogen-bond donors (Lipinski definition) is 2. The van der Waals surface area contributed by atoms with Crippen molar-refractivity contribution in [2.24, 2.45) is 0 Å². The summed E-state index contributed by atoms with van der Waals surface area (Å²) in [5, 5.41) is 13.6. The molecule has 1 amide bonds. The number of nitrogens with zero attached hydrogens (tertiary/aromatic N) is 2. The number of phenolic OH excluding ortho intramolecular Hbond substituents is 1. The Morgan fingerprint density at radius 2 is 1.71 bits per heavy atom. The maximum Gasteiger partial charge on any atom is 0.256 e. The van der Waals surface area contributed by atoms with Crippen LogP contribution in [0.3, 0.4) is 0 Å². The first-order chi connectivity index (χ1) is 16.6. The van der Waals surface area contributed by atoms with Crippen LogP contribution in [0.2, 0.25) is 0 Å². The lowest BCUT2D eigenvalue weighted by molar-refractivity contribution is 0.0637. The van der Waals surface area contributed by atoms with Crippen LogP contribution in [0, 0.1) is 6.92 Å². The molecule has 4 aromatic rings. The predicted molar refractivity (Wildman–Crippen MR) is 135 cm³/mol. The molecule has 0 radical (unpaired) electrons. The fourth-order valence-electron chi connectivity index (χ4n) is 4.90. The largest absolute Gasteiger partial charge is 0.508 e. The number of benzene rings is 3. The molecule has 172 valence electrons. The predicted octanol–water partition coefficient (Wildman–Crippen LogP) is 4.82. The normalized spacial score (nSPS) is 15.9. The van der Waals surface area contributed by atoms with Crippen LogP contribution in [0.15, 0.2) is 91.0 Å². The molecule has 5 heteroatoms. The summed E-state index contributed by atoms with van der Waals surface area (Å²) in [7, 11) is 0. The van der Waals surface area contributed by atoms with E-state index in [0.29, 0.717) is 12.1 Å². The van der Waals surface area contributed by atoms with Crippen molar-refractivity contribution in [3.8, 4) is 22.7 Å². The lowest BCUT2D eigenvalue weighted by Gasteiger charge is -2.36. The summed E-state index contributed by atoms with van der Waals surface area (Å²) in [6, 6.07) is 29.6. The van der Waals surface area contributed by atoms with Gasteiger partial charge in [0, 0.05) is 43.1 Å². The van der Waals surface area contributed by atoms with E-state index in [1.165, 1.54) is 5.56 Å². The number of aryl methyl sites for hydroxylation is 1. The molecule has 0 bridgehead atoms. The smallest absolute Gasteiger partial charge is 0.256 e. The van der Waals surface area contributed by atoms with E-state index >= 15 is 0 Å². The Balaban J connectivity index is 1.59. The molecule has 2 heterocycles. The Labute approximate surface area is 200 Å². The number of hydrogen-bond acceptors (Lipinski definition) is 3. The van der Waals surface area contributed by atoms with Crippen LogP contribution in [0.4, 0.5) is 0 Å². The van der Waals surface area contributed by atoms with Gasteiger partial charge in [-0.25, -0.2) is 0 Å². The van der Waals surface area contributed by atoms with Gasteiger partial charge in [0.2, 0.25) is 0 Å². The number of piperazine rings is 1. The van der Waals surface area contributed by atoms with Crippen molar-refractivity contribution in [1.29, 1.82) is 0 Å². The Morgan fingerprint density at radius 3 is 2.44 bits per heavy atom. The van der Waals surface area contributed by atoms with Gasteiger partial charge in [0.25, 0.3) is 5.91 Å². The second-order valence-electron chi connectivity index (χ2n) is 8.82. The van der Waals surface area contributed by atoms with Gasteiger partial charge in [-0.2, -0.15) is 0 Å².